The van der Waals surface area contributed by atoms with Gasteiger partial charge in [0, 0.05) is 12.6 Å². The van der Waals surface area contributed by atoms with Gasteiger partial charge in [-0.2, -0.15) is 0 Å². The molecule has 0 aliphatic heterocycles. The molecule has 0 aliphatic rings. The first-order valence-electron chi connectivity index (χ1n) is 6.76. The Labute approximate surface area is 108 Å². The second-order valence-electron chi connectivity index (χ2n) is 4.94. The maximum Gasteiger partial charge on any atom is 0.0230 e. The lowest BCUT2D eigenvalue weighted by Gasteiger charge is -2.21. The van der Waals surface area contributed by atoms with Crippen LogP contribution in [0.2, 0.25) is 0 Å². The molecule has 0 aliphatic carbocycles. The van der Waals surface area contributed by atoms with Crippen molar-refractivity contribution >= 4 is 0 Å². The topological polar surface area (TPSA) is 3.24 Å². The van der Waals surface area contributed by atoms with Crippen molar-refractivity contribution in [3.8, 4) is 0 Å². The Bertz CT molecular complexity index is 271. The van der Waals surface area contributed by atoms with Gasteiger partial charge in [0.25, 0.3) is 0 Å². The molecule has 1 nitrogen and oxygen atoms in total. The first kappa shape index (κ1) is 16.2. The van der Waals surface area contributed by atoms with Crippen LogP contribution in [0.1, 0.15) is 47.0 Å². The number of nitrogens with zero attached hydrogens (tertiary/aromatic N) is 1. The second-order valence-corrected chi connectivity index (χ2v) is 4.94. The summed E-state index contributed by atoms with van der Waals surface area (Å²) in [5.74, 6) is 0. The molecule has 0 N–H and O–H groups in total. The SMILES string of the molecule is C=C(/C=C\C(=C/CC)CN(C)C(C)C)CCC. The van der Waals surface area contributed by atoms with Crippen LogP contribution >= 0.6 is 0 Å². The van der Waals surface area contributed by atoms with Gasteiger partial charge in [-0.05, 0) is 39.3 Å². The fraction of sp³-hybridized carbons (Fsp3) is 0.625. The largest absolute Gasteiger partial charge is 0.300 e. The van der Waals surface area contributed by atoms with E-state index in [0.717, 1.165) is 19.4 Å². The fourth-order valence-corrected chi connectivity index (χ4v) is 1.55. The zero-order valence-electron chi connectivity index (χ0n) is 12.3. The summed E-state index contributed by atoms with van der Waals surface area (Å²) in [6, 6.07) is 0.586. The maximum atomic E-state index is 4.06. The van der Waals surface area contributed by atoms with E-state index in [4.69, 9.17) is 0 Å². The molecule has 0 atom stereocenters. The molecule has 17 heavy (non-hydrogen) atoms. The molecule has 0 aromatic rings. The van der Waals surface area contributed by atoms with E-state index in [1.165, 1.54) is 17.6 Å². The minimum atomic E-state index is 0.586. The molecule has 0 bridgehead atoms. The van der Waals surface area contributed by atoms with Gasteiger partial charge in [0.2, 0.25) is 0 Å². The van der Waals surface area contributed by atoms with Gasteiger partial charge >= 0.3 is 0 Å². The van der Waals surface area contributed by atoms with Gasteiger partial charge in [-0.25, -0.2) is 0 Å². The average Bonchev–Trinajstić information content (AvgIpc) is 2.26. The van der Waals surface area contributed by atoms with Crippen LogP contribution in [0.15, 0.2) is 36.0 Å². The Morgan fingerprint density at radius 3 is 2.35 bits per heavy atom. The van der Waals surface area contributed by atoms with Gasteiger partial charge in [-0.1, -0.05) is 50.6 Å². The molecule has 0 aromatic heterocycles. The van der Waals surface area contributed by atoms with Crippen LogP contribution in [0.5, 0.6) is 0 Å². The van der Waals surface area contributed by atoms with Gasteiger partial charge < -0.3 is 0 Å². The number of rotatable bonds is 8. The smallest absolute Gasteiger partial charge is 0.0230 e. The molecular weight excluding hydrogens is 206 g/mol. The van der Waals surface area contributed by atoms with Gasteiger partial charge in [0.05, 0.1) is 0 Å². The third-order valence-corrected chi connectivity index (χ3v) is 2.88. The van der Waals surface area contributed by atoms with Crippen molar-refractivity contribution in [3.05, 3.63) is 36.0 Å². The Hall–Kier alpha value is -0.820. The summed E-state index contributed by atoms with van der Waals surface area (Å²) < 4.78 is 0. The summed E-state index contributed by atoms with van der Waals surface area (Å²) in [6.07, 6.45) is 10.0. The highest BCUT2D eigenvalue weighted by Crippen LogP contribution is 2.09. The second kappa shape index (κ2) is 9.23. The van der Waals surface area contributed by atoms with E-state index in [9.17, 15) is 0 Å². The summed E-state index contributed by atoms with van der Waals surface area (Å²) in [4.78, 5) is 2.36. The van der Waals surface area contributed by atoms with E-state index >= 15 is 0 Å². The number of hydrogen-bond donors (Lipinski definition) is 0. The van der Waals surface area contributed by atoms with E-state index < -0.39 is 0 Å². The van der Waals surface area contributed by atoms with Gasteiger partial charge in [-0.15, -0.1) is 0 Å². The zero-order valence-corrected chi connectivity index (χ0v) is 12.3. The van der Waals surface area contributed by atoms with Gasteiger partial charge in [0.15, 0.2) is 0 Å². The lowest BCUT2D eigenvalue weighted by Crippen LogP contribution is -2.28. The van der Waals surface area contributed by atoms with E-state index in [1.807, 2.05) is 0 Å². The lowest BCUT2D eigenvalue weighted by atomic mass is 10.1. The van der Waals surface area contributed by atoms with Crippen molar-refractivity contribution < 1.29 is 0 Å². The van der Waals surface area contributed by atoms with Gasteiger partial charge in [-0.3, -0.25) is 4.90 Å². The van der Waals surface area contributed by atoms with Crippen molar-refractivity contribution in [1.82, 2.24) is 4.90 Å². The summed E-state index contributed by atoms with van der Waals surface area (Å²) >= 11 is 0. The van der Waals surface area contributed by atoms with Crippen LogP contribution in [-0.4, -0.2) is 24.5 Å². The van der Waals surface area contributed by atoms with E-state index in [-0.39, 0.29) is 0 Å². The number of likely N-dealkylation sites (N-methyl/N-ethyl adjacent to an activating group) is 1. The highest BCUT2D eigenvalue weighted by Gasteiger charge is 2.04. The predicted molar refractivity (Wildman–Crippen MR) is 79.3 cm³/mol. The average molecular weight is 235 g/mol. The Kier molecular flexibility index (Phi) is 8.79. The maximum absolute atomic E-state index is 4.06. The molecule has 0 saturated heterocycles. The molecule has 0 spiro atoms. The van der Waals surface area contributed by atoms with E-state index in [1.54, 1.807) is 0 Å². The Morgan fingerprint density at radius 2 is 1.88 bits per heavy atom. The summed E-state index contributed by atoms with van der Waals surface area (Å²) in [6.45, 7) is 13.9. The van der Waals surface area contributed by atoms with Gasteiger partial charge in [0.1, 0.15) is 0 Å². The molecule has 98 valence electrons. The van der Waals surface area contributed by atoms with Crippen LogP contribution in [-0.2, 0) is 0 Å². The molecule has 0 aromatic carbocycles. The minimum absolute atomic E-state index is 0.586. The molecule has 0 saturated carbocycles. The van der Waals surface area contributed by atoms with Crippen molar-refractivity contribution in [1.29, 1.82) is 0 Å². The molecule has 1 heteroatoms. The normalized spacial score (nSPS) is 13.0. The van der Waals surface area contributed by atoms with Crippen molar-refractivity contribution in [3.63, 3.8) is 0 Å². The predicted octanol–water partition coefficient (Wildman–Crippen LogP) is 4.58. The summed E-state index contributed by atoms with van der Waals surface area (Å²) in [7, 11) is 2.17. The first-order valence-corrected chi connectivity index (χ1v) is 6.76. The first-order chi connectivity index (χ1) is 8.01. The highest BCUT2D eigenvalue weighted by molar-refractivity contribution is 5.27. The van der Waals surface area contributed by atoms with Crippen LogP contribution in [0.4, 0.5) is 0 Å². The van der Waals surface area contributed by atoms with Crippen LogP contribution in [0.3, 0.4) is 0 Å². The third-order valence-electron chi connectivity index (χ3n) is 2.88. The van der Waals surface area contributed by atoms with Crippen LogP contribution in [0, 0.1) is 0 Å². The van der Waals surface area contributed by atoms with Crippen LogP contribution in [0.25, 0.3) is 0 Å². The van der Waals surface area contributed by atoms with E-state index in [2.05, 4.69) is 64.4 Å². The highest BCUT2D eigenvalue weighted by atomic mass is 15.1. The number of allylic oxidation sites excluding steroid dienone is 3. The van der Waals surface area contributed by atoms with Crippen LogP contribution < -0.4 is 0 Å². The Morgan fingerprint density at radius 1 is 1.24 bits per heavy atom. The van der Waals surface area contributed by atoms with Crippen molar-refractivity contribution in [2.45, 2.75) is 53.0 Å². The fourth-order valence-electron chi connectivity index (χ4n) is 1.55. The monoisotopic (exact) mass is 235 g/mol. The standard InChI is InChI=1S/C16H29N/c1-7-9-15(5)11-12-16(10-8-2)13-17(6)14(3)4/h10-12,14H,5,7-9,13H2,1-4,6H3/b12-11-,16-10+. The Balaban J connectivity index is 4.45. The lowest BCUT2D eigenvalue weighted by molar-refractivity contribution is 0.298. The molecule has 0 radical (unpaired) electrons. The van der Waals surface area contributed by atoms with Crippen molar-refractivity contribution in [2.75, 3.05) is 13.6 Å². The quantitative estimate of drug-likeness (QED) is 0.557. The zero-order chi connectivity index (χ0) is 13.3. The third kappa shape index (κ3) is 7.98. The minimum Gasteiger partial charge on any atom is -0.300 e. The molecule has 0 heterocycles. The molecule has 0 amide bonds. The molecule has 0 rings (SSSR count). The summed E-state index contributed by atoms with van der Waals surface area (Å²) in [5, 5.41) is 0. The van der Waals surface area contributed by atoms with E-state index in [0.29, 0.717) is 6.04 Å². The molecule has 0 fully saturated rings. The number of hydrogen-bond acceptors (Lipinski definition) is 1. The molecular formula is C16H29N. The summed E-state index contributed by atoms with van der Waals surface area (Å²) in [5.41, 5.74) is 2.61. The molecule has 0 unspecified atom stereocenters. The van der Waals surface area contributed by atoms with Crippen molar-refractivity contribution in [2.24, 2.45) is 0 Å².